The van der Waals surface area contributed by atoms with E-state index in [2.05, 4.69) is 10.2 Å². The Morgan fingerprint density at radius 1 is 0.923 bits per heavy atom. The summed E-state index contributed by atoms with van der Waals surface area (Å²) in [6, 6.07) is 21.6. The molecule has 12 heteroatoms. The molecule has 1 aromatic heterocycles. The average molecular weight is 749 g/mol. The van der Waals surface area contributed by atoms with Gasteiger partial charge in [0.15, 0.2) is 23.9 Å². The molecule has 52 heavy (non-hydrogen) atoms. The van der Waals surface area contributed by atoms with E-state index < -0.39 is 18.1 Å². The van der Waals surface area contributed by atoms with Crippen LogP contribution in [0.15, 0.2) is 85.2 Å². The maximum absolute atomic E-state index is 13.7. The number of ether oxygens (including phenoxy) is 4. The number of nitrogens with zero attached hydrogens (tertiary/aromatic N) is 2. The first kappa shape index (κ1) is 37.4. The lowest BCUT2D eigenvalue weighted by molar-refractivity contribution is -0.605. The summed E-state index contributed by atoms with van der Waals surface area (Å²) in [6.07, 6.45) is 5.15. The maximum atomic E-state index is 13.7. The van der Waals surface area contributed by atoms with Crippen molar-refractivity contribution >= 4 is 35.1 Å². The van der Waals surface area contributed by atoms with Gasteiger partial charge in [0.05, 0.1) is 19.8 Å². The topological polar surface area (TPSA) is 113 Å². The van der Waals surface area contributed by atoms with Crippen molar-refractivity contribution < 1.29 is 33.3 Å². The van der Waals surface area contributed by atoms with E-state index in [9.17, 15) is 14.8 Å². The SMILES string of the molecule is COc1ccc(C(Cc2c(Cl)c[n+]([O-])cc2Cl)OC(=O)c2cccc(CCCNC(C(=O)O[C@H]3CN4CCC3CC4)c3ccccc3)c2)cc1OC. The number of carbonyl (C=O) groups excluding carboxylic acids is 2. The minimum absolute atomic E-state index is 0.0665. The van der Waals surface area contributed by atoms with Crippen molar-refractivity contribution in [2.45, 2.75) is 50.4 Å². The van der Waals surface area contributed by atoms with E-state index in [1.54, 1.807) is 24.3 Å². The molecule has 0 spiro atoms. The third kappa shape index (κ3) is 9.16. The van der Waals surface area contributed by atoms with E-state index in [0.29, 0.717) is 58.2 Å². The summed E-state index contributed by atoms with van der Waals surface area (Å²) in [5.41, 5.74) is 3.28. The summed E-state index contributed by atoms with van der Waals surface area (Å²) in [4.78, 5) is 29.5. The van der Waals surface area contributed by atoms with Crippen LogP contribution in [-0.2, 0) is 27.1 Å². The molecule has 7 rings (SSSR count). The van der Waals surface area contributed by atoms with Crippen molar-refractivity contribution in [3.05, 3.63) is 128 Å². The molecule has 4 aromatic rings. The van der Waals surface area contributed by atoms with Crippen LogP contribution in [-0.4, -0.2) is 63.3 Å². The van der Waals surface area contributed by atoms with Crippen molar-refractivity contribution in [1.29, 1.82) is 0 Å². The second-order valence-electron chi connectivity index (χ2n) is 13.2. The van der Waals surface area contributed by atoms with Crippen LogP contribution < -0.4 is 19.5 Å². The number of methoxy groups -OCH3 is 2. The van der Waals surface area contributed by atoms with Gasteiger partial charge < -0.3 is 29.5 Å². The van der Waals surface area contributed by atoms with Crippen LogP contribution in [0.3, 0.4) is 0 Å². The Balaban J connectivity index is 1.11. The molecular formula is C40H43Cl2N3O7. The second-order valence-corrected chi connectivity index (χ2v) is 14.0. The molecule has 3 aliphatic rings. The first-order chi connectivity index (χ1) is 25.2. The Morgan fingerprint density at radius 2 is 1.65 bits per heavy atom. The van der Waals surface area contributed by atoms with Crippen molar-refractivity contribution in [3.8, 4) is 11.5 Å². The van der Waals surface area contributed by atoms with E-state index >= 15 is 0 Å². The van der Waals surface area contributed by atoms with Gasteiger partial charge in [0.1, 0.15) is 28.3 Å². The molecule has 3 aromatic carbocycles. The van der Waals surface area contributed by atoms with Crippen LogP contribution in [0.5, 0.6) is 11.5 Å². The number of benzene rings is 3. The van der Waals surface area contributed by atoms with Gasteiger partial charge in [-0.15, -0.1) is 0 Å². The largest absolute Gasteiger partial charge is 0.619 e. The Bertz CT molecular complexity index is 1830. The summed E-state index contributed by atoms with van der Waals surface area (Å²) >= 11 is 12.8. The number of fused-ring (bicyclic) bond motifs is 3. The average Bonchev–Trinajstić information content (AvgIpc) is 3.16. The zero-order chi connectivity index (χ0) is 36.6. The number of aromatic nitrogens is 1. The number of nitrogens with one attached hydrogen (secondary N) is 1. The van der Waals surface area contributed by atoms with E-state index in [-0.39, 0.29) is 28.5 Å². The zero-order valence-electron chi connectivity index (χ0n) is 29.3. The Labute approximate surface area is 314 Å². The number of aryl methyl sites for hydroxylation is 1. The van der Waals surface area contributed by atoms with E-state index in [1.165, 1.54) is 26.6 Å². The summed E-state index contributed by atoms with van der Waals surface area (Å²) in [7, 11) is 3.06. The second kappa shape index (κ2) is 17.4. The van der Waals surface area contributed by atoms with Crippen LogP contribution in [0.4, 0.5) is 0 Å². The highest BCUT2D eigenvalue weighted by atomic mass is 35.5. The number of esters is 2. The first-order valence-corrected chi connectivity index (χ1v) is 18.3. The van der Waals surface area contributed by atoms with Gasteiger partial charge in [-0.3, -0.25) is 4.90 Å². The predicted octanol–water partition coefficient (Wildman–Crippen LogP) is 6.69. The van der Waals surface area contributed by atoms with Crippen LogP contribution >= 0.6 is 23.2 Å². The zero-order valence-corrected chi connectivity index (χ0v) is 30.8. The quantitative estimate of drug-likeness (QED) is 0.0616. The molecule has 3 fully saturated rings. The molecule has 2 bridgehead atoms. The van der Waals surface area contributed by atoms with Crippen molar-refractivity contribution in [3.63, 3.8) is 0 Å². The van der Waals surface area contributed by atoms with Gasteiger partial charge in [-0.1, -0.05) is 71.7 Å². The Kier molecular flexibility index (Phi) is 12.5. The molecule has 0 aliphatic carbocycles. The van der Waals surface area contributed by atoms with Gasteiger partial charge in [-0.25, -0.2) is 9.59 Å². The van der Waals surface area contributed by atoms with E-state index in [0.717, 1.165) is 43.6 Å². The third-order valence-corrected chi connectivity index (χ3v) is 10.5. The highest BCUT2D eigenvalue weighted by Gasteiger charge is 2.38. The van der Waals surface area contributed by atoms with Gasteiger partial charge in [0.25, 0.3) is 0 Å². The molecule has 1 N–H and O–H groups in total. The van der Waals surface area contributed by atoms with Gasteiger partial charge in [-0.2, -0.15) is 4.73 Å². The minimum atomic E-state index is -0.826. The summed E-state index contributed by atoms with van der Waals surface area (Å²) < 4.78 is 23.6. The van der Waals surface area contributed by atoms with Crippen molar-refractivity contribution in [2.75, 3.05) is 40.4 Å². The van der Waals surface area contributed by atoms with Crippen molar-refractivity contribution in [1.82, 2.24) is 10.2 Å². The smallest absolute Gasteiger partial charge is 0.338 e. The summed E-state index contributed by atoms with van der Waals surface area (Å²) in [6.45, 7) is 3.53. The van der Waals surface area contributed by atoms with E-state index in [1.807, 2.05) is 48.5 Å². The molecule has 4 heterocycles. The molecule has 0 radical (unpaired) electrons. The lowest BCUT2D eigenvalue weighted by Crippen LogP contribution is -2.52. The molecule has 0 saturated carbocycles. The monoisotopic (exact) mass is 747 g/mol. The number of rotatable bonds is 15. The van der Waals surface area contributed by atoms with Gasteiger partial charge in [0, 0.05) is 18.5 Å². The van der Waals surface area contributed by atoms with Gasteiger partial charge in [0.2, 0.25) is 0 Å². The van der Waals surface area contributed by atoms with Gasteiger partial charge >= 0.3 is 11.9 Å². The third-order valence-electron chi connectivity index (χ3n) is 9.86. The summed E-state index contributed by atoms with van der Waals surface area (Å²) in [5, 5.41) is 15.6. The van der Waals surface area contributed by atoms with E-state index in [4.69, 9.17) is 42.1 Å². The maximum Gasteiger partial charge on any atom is 0.338 e. The lowest BCUT2D eigenvalue weighted by Gasteiger charge is -2.44. The highest BCUT2D eigenvalue weighted by molar-refractivity contribution is 6.35. The number of carbonyl (C=O) groups is 2. The lowest BCUT2D eigenvalue weighted by atomic mass is 9.86. The van der Waals surface area contributed by atoms with Crippen LogP contribution in [0.1, 0.15) is 64.0 Å². The van der Waals surface area contributed by atoms with Crippen LogP contribution in [0.2, 0.25) is 10.0 Å². The number of hydrogen-bond acceptors (Lipinski definition) is 9. The minimum Gasteiger partial charge on any atom is -0.619 e. The number of halogens is 2. The fourth-order valence-corrected chi connectivity index (χ4v) is 7.62. The Hall–Kier alpha value is -4.35. The standard InChI is InChI=1S/C40H43Cl2N3O7/c1-49-34-14-13-29(21-36(34)50-2)35(22-31-32(41)23-45(48)24-33(31)42)51-39(46)30-12-6-8-26(20-30)9-7-17-43-38(28-10-4-3-5-11-28)40(47)52-37-25-44-18-15-27(37)16-19-44/h3-6,8,10-14,20-21,23-24,27,35,37-38,43H,7,9,15-19,22,25H2,1-2H3/t35?,37-,38?/m0/s1. The Morgan fingerprint density at radius 3 is 2.33 bits per heavy atom. The predicted molar refractivity (Wildman–Crippen MR) is 198 cm³/mol. The number of hydrogen-bond donors (Lipinski definition) is 1. The van der Waals surface area contributed by atoms with Crippen LogP contribution in [0.25, 0.3) is 0 Å². The molecule has 2 unspecified atom stereocenters. The molecule has 10 nitrogen and oxygen atoms in total. The van der Waals surface area contributed by atoms with Crippen LogP contribution in [0, 0.1) is 11.1 Å². The first-order valence-electron chi connectivity index (χ1n) is 17.5. The fourth-order valence-electron chi connectivity index (χ4n) is 7.03. The normalized spacial score (nSPS) is 19.0. The fraction of sp³-hybridized carbons (Fsp3) is 0.375. The summed E-state index contributed by atoms with van der Waals surface area (Å²) in [5.74, 6) is 0.619. The van der Waals surface area contributed by atoms with Crippen molar-refractivity contribution in [2.24, 2.45) is 5.92 Å². The van der Waals surface area contributed by atoms with Gasteiger partial charge in [-0.05, 0) is 92.2 Å². The number of pyridine rings is 1. The molecule has 3 atom stereocenters. The number of piperidine rings is 3. The molecular weight excluding hydrogens is 705 g/mol. The molecule has 3 saturated heterocycles. The molecule has 0 amide bonds. The molecule has 3 aliphatic heterocycles. The molecule has 274 valence electrons. The highest BCUT2D eigenvalue weighted by Crippen LogP contribution is 2.36.